The van der Waals surface area contributed by atoms with Crippen molar-refractivity contribution in [3.63, 3.8) is 0 Å². The minimum atomic E-state index is -1.10. The largest absolute Gasteiger partial charge is 0.479 e. The molecule has 5 nitrogen and oxygen atoms in total. The monoisotopic (exact) mass is 276 g/mol. The predicted molar refractivity (Wildman–Crippen MR) is 71.1 cm³/mol. The highest BCUT2D eigenvalue weighted by atomic mass is 32.1. The van der Waals surface area contributed by atoms with Crippen molar-refractivity contribution in [2.24, 2.45) is 0 Å². The summed E-state index contributed by atoms with van der Waals surface area (Å²) in [6.07, 6.45) is 1.44. The summed E-state index contributed by atoms with van der Waals surface area (Å²) in [5.74, 6) is -1.53. The fraction of sp³-hybridized carbons (Fsp3) is 0.154. The molecule has 0 radical (unpaired) electrons. The number of nitrogens with one attached hydrogen (secondary N) is 1. The van der Waals surface area contributed by atoms with Gasteiger partial charge in [-0.1, -0.05) is 30.3 Å². The molecule has 1 amide bonds. The Kier molecular flexibility index (Phi) is 3.91. The van der Waals surface area contributed by atoms with Gasteiger partial charge in [0.05, 0.1) is 11.2 Å². The van der Waals surface area contributed by atoms with Gasteiger partial charge in [0.1, 0.15) is 4.88 Å². The number of carbonyl (C=O) groups is 2. The van der Waals surface area contributed by atoms with Crippen molar-refractivity contribution in [1.29, 1.82) is 0 Å². The Bertz CT molecular complexity index is 595. The first-order valence-electron chi connectivity index (χ1n) is 5.59. The molecule has 0 fully saturated rings. The van der Waals surface area contributed by atoms with Crippen LogP contribution >= 0.6 is 11.3 Å². The highest BCUT2D eigenvalue weighted by Crippen LogP contribution is 2.16. The molecule has 0 aliphatic rings. The lowest BCUT2D eigenvalue weighted by Crippen LogP contribution is -2.33. The number of thiazole rings is 1. The average molecular weight is 276 g/mol. The quantitative estimate of drug-likeness (QED) is 0.895. The summed E-state index contributed by atoms with van der Waals surface area (Å²) in [5.41, 5.74) is 0.532. The van der Waals surface area contributed by atoms with Gasteiger partial charge < -0.3 is 10.4 Å². The fourth-order valence-corrected chi connectivity index (χ4v) is 2.28. The van der Waals surface area contributed by atoms with Gasteiger partial charge in [0.15, 0.2) is 6.04 Å². The third kappa shape index (κ3) is 3.17. The molecule has 2 rings (SSSR count). The van der Waals surface area contributed by atoms with Gasteiger partial charge in [0, 0.05) is 0 Å². The van der Waals surface area contributed by atoms with Gasteiger partial charge in [0.2, 0.25) is 0 Å². The van der Waals surface area contributed by atoms with Crippen molar-refractivity contribution in [1.82, 2.24) is 10.3 Å². The van der Waals surface area contributed by atoms with Crippen molar-refractivity contribution >= 4 is 23.2 Å². The fourth-order valence-electron chi connectivity index (χ4n) is 1.60. The van der Waals surface area contributed by atoms with Crippen LogP contribution in [0.4, 0.5) is 0 Å². The zero-order valence-electron chi connectivity index (χ0n) is 10.2. The molecule has 0 aliphatic carbocycles. The van der Waals surface area contributed by atoms with E-state index in [9.17, 15) is 14.7 Å². The number of carboxylic acid groups (broad SMARTS) is 1. The molecule has 1 aromatic heterocycles. The topological polar surface area (TPSA) is 79.3 Å². The highest BCUT2D eigenvalue weighted by molar-refractivity contribution is 7.13. The Morgan fingerprint density at radius 2 is 2.00 bits per heavy atom. The van der Waals surface area contributed by atoms with Crippen molar-refractivity contribution in [3.8, 4) is 0 Å². The lowest BCUT2D eigenvalue weighted by molar-refractivity contribution is -0.139. The van der Waals surface area contributed by atoms with E-state index in [1.54, 1.807) is 37.3 Å². The van der Waals surface area contributed by atoms with E-state index >= 15 is 0 Å². The SMILES string of the molecule is Cc1ncc(C(=O)N[C@@H](C(=O)O)c2ccccc2)s1. The molecule has 0 unspecified atom stereocenters. The maximum absolute atomic E-state index is 11.9. The molecule has 0 bridgehead atoms. The Morgan fingerprint density at radius 3 is 2.53 bits per heavy atom. The number of benzene rings is 1. The van der Waals surface area contributed by atoms with Gasteiger partial charge in [-0.15, -0.1) is 11.3 Å². The van der Waals surface area contributed by atoms with E-state index in [0.717, 1.165) is 5.01 Å². The summed E-state index contributed by atoms with van der Waals surface area (Å²) in [7, 11) is 0. The number of amides is 1. The summed E-state index contributed by atoms with van der Waals surface area (Å²) in [6.45, 7) is 1.79. The number of aromatic nitrogens is 1. The highest BCUT2D eigenvalue weighted by Gasteiger charge is 2.23. The molecule has 19 heavy (non-hydrogen) atoms. The lowest BCUT2D eigenvalue weighted by Gasteiger charge is -2.13. The number of carbonyl (C=O) groups excluding carboxylic acids is 1. The van der Waals surface area contributed by atoms with Crippen molar-refractivity contribution in [2.75, 3.05) is 0 Å². The van der Waals surface area contributed by atoms with Crippen molar-refractivity contribution in [2.45, 2.75) is 13.0 Å². The first-order valence-corrected chi connectivity index (χ1v) is 6.40. The van der Waals surface area contributed by atoms with Crippen LogP contribution in [0.2, 0.25) is 0 Å². The molecular weight excluding hydrogens is 264 g/mol. The molecule has 0 aliphatic heterocycles. The molecular formula is C13H12N2O3S. The smallest absolute Gasteiger partial charge is 0.330 e. The van der Waals surface area contributed by atoms with E-state index in [1.807, 2.05) is 0 Å². The Hall–Kier alpha value is -2.21. The molecule has 1 aromatic carbocycles. The molecule has 1 atom stereocenters. The summed E-state index contributed by atoms with van der Waals surface area (Å²) in [6, 6.07) is 7.52. The number of carboxylic acids is 1. The zero-order valence-corrected chi connectivity index (χ0v) is 11.0. The first kappa shape index (κ1) is 13.2. The minimum Gasteiger partial charge on any atom is -0.479 e. The number of aryl methyl sites for hydroxylation is 1. The number of hydrogen-bond donors (Lipinski definition) is 2. The van der Waals surface area contributed by atoms with Gasteiger partial charge in [-0.3, -0.25) is 4.79 Å². The van der Waals surface area contributed by atoms with Gasteiger partial charge in [-0.05, 0) is 12.5 Å². The molecule has 6 heteroatoms. The summed E-state index contributed by atoms with van der Waals surface area (Å²) < 4.78 is 0. The molecule has 2 aromatic rings. The molecule has 1 heterocycles. The molecule has 2 N–H and O–H groups in total. The van der Waals surface area contributed by atoms with Crippen LogP contribution in [-0.4, -0.2) is 22.0 Å². The number of aliphatic carboxylic acids is 1. The summed E-state index contributed by atoms with van der Waals surface area (Å²) >= 11 is 1.23. The van der Waals surface area contributed by atoms with Crippen LogP contribution in [0.1, 0.15) is 26.3 Å². The maximum atomic E-state index is 11.9. The first-order chi connectivity index (χ1) is 9.08. The van der Waals surface area contributed by atoms with Crippen LogP contribution in [0.5, 0.6) is 0 Å². The van der Waals surface area contributed by atoms with Gasteiger partial charge in [0.25, 0.3) is 5.91 Å². The molecule has 98 valence electrons. The maximum Gasteiger partial charge on any atom is 0.330 e. The van der Waals surface area contributed by atoms with Crippen LogP contribution in [0, 0.1) is 6.92 Å². The van der Waals surface area contributed by atoms with E-state index in [2.05, 4.69) is 10.3 Å². The standard InChI is InChI=1S/C13H12N2O3S/c1-8-14-7-10(19-8)12(16)15-11(13(17)18)9-5-3-2-4-6-9/h2-7,11H,1H3,(H,15,16)(H,17,18)/t11-/m1/s1. The van der Waals surface area contributed by atoms with Crippen molar-refractivity contribution < 1.29 is 14.7 Å². The molecule has 0 saturated carbocycles. The Morgan fingerprint density at radius 1 is 1.32 bits per heavy atom. The average Bonchev–Trinajstić information content (AvgIpc) is 2.83. The third-order valence-corrected chi connectivity index (χ3v) is 3.41. The number of hydrogen-bond acceptors (Lipinski definition) is 4. The van der Waals surface area contributed by atoms with E-state index in [4.69, 9.17) is 0 Å². The van der Waals surface area contributed by atoms with Gasteiger partial charge >= 0.3 is 5.97 Å². The van der Waals surface area contributed by atoms with E-state index in [1.165, 1.54) is 17.5 Å². The molecule has 0 saturated heterocycles. The van der Waals surface area contributed by atoms with Crippen LogP contribution in [-0.2, 0) is 4.79 Å². The minimum absolute atomic E-state index is 0.402. The number of nitrogens with zero attached hydrogens (tertiary/aromatic N) is 1. The van der Waals surface area contributed by atoms with Crippen LogP contribution in [0.15, 0.2) is 36.5 Å². The normalized spacial score (nSPS) is 11.8. The lowest BCUT2D eigenvalue weighted by atomic mass is 10.1. The summed E-state index contributed by atoms with van der Waals surface area (Å²) in [4.78, 5) is 27.6. The van der Waals surface area contributed by atoms with Gasteiger partial charge in [-0.2, -0.15) is 0 Å². The zero-order chi connectivity index (χ0) is 13.8. The van der Waals surface area contributed by atoms with Crippen LogP contribution in [0.3, 0.4) is 0 Å². The Balaban J connectivity index is 2.18. The second-order valence-corrected chi connectivity index (χ2v) is 5.13. The van der Waals surface area contributed by atoms with Gasteiger partial charge in [-0.25, -0.2) is 9.78 Å². The van der Waals surface area contributed by atoms with E-state index in [0.29, 0.717) is 10.4 Å². The second-order valence-electron chi connectivity index (χ2n) is 3.90. The molecule has 0 spiro atoms. The third-order valence-electron chi connectivity index (χ3n) is 2.50. The van der Waals surface area contributed by atoms with Crippen LogP contribution < -0.4 is 5.32 Å². The number of rotatable bonds is 4. The van der Waals surface area contributed by atoms with Crippen LogP contribution in [0.25, 0.3) is 0 Å². The second kappa shape index (κ2) is 5.62. The van der Waals surface area contributed by atoms with Crippen molar-refractivity contribution in [3.05, 3.63) is 52.0 Å². The van der Waals surface area contributed by atoms with E-state index in [-0.39, 0.29) is 0 Å². The summed E-state index contributed by atoms with van der Waals surface area (Å²) in [5, 5.41) is 12.5. The van der Waals surface area contributed by atoms with E-state index < -0.39 is 17.9 Å². The predicted octanol–water partition coefficient (Wildman–Crippen LogP) is 2.01. The Labute approximate surface area is 113 Å².